The molecule has 0 radical (unpaired) electrons. The van der Waals surface area contributed by atoms with E-state index in [-0.39, 0.29) is 11.8 Å². The second-order valence-corrected chi connectivity index (χ2v) is 8.06. The van der Waals surface area contributed by atoms with Crippen LogP contribution in [-0.4, -0.2) is 35.6 Å². The van der Waals surface area contributed by atoms with Crippen LogP contribution in [0, 0.1) is 17.8 Å². The largest absolute Gasteiger partial charge is 0.396 e. The maximum Gasteiger partial charge on any atom is 0.227 e. The summed E-state index contributed by atoms with van der Waals surface area (Å²) >= 11 is 0. The maximum absolute atomic E-state index is 12.5. The number of aliphatic hydroxyl groups excluding tert-OH is 1. The number of benzene rings is 1. The van der Waals surface area contributed by atoms with Crippen LogP contribution in [0.25, 0.3) is 0 Å². The van der Waals surface area contributed by atoms with E-state index in [1.165, 1.54) is 18.4 Å². The highest BCUT2D eigenvalue weighted by molar-refractivity contribution is 5.92. The van der Waals surface area contributed by atoms with E-state index in [1.54, 1.807) is 0 Å². The number of nitrogens with one attached hydrogen (secondary N) is 1. The Labute approximate surface area is 151 Å². The summed E-state index contributed by atoms with van der Waals surface area (Å²) in [7, 11) is 0. The zero-order valence-electron chi connectivity index (χ0n) is 15.4. The SMILES string of the molecule is CC1CCCC(C(=O)Nc2cccc(CN3CCC(CO)CC3)c2)C1. The second kappa shape index (κ2) is 8.81. The Balaban J connectivity index is 1.53. The highest BCUT2D eigenvalue weighted by Crippen LogP contribution is 2.29. The first-order valence-electron chi connectivity index (χ1n) is 9.87. The summed E-state index contributed by atoms with van der Waals surface area (Å²) in [5, 5.41) is 12.4. The molecule has 4 heteroatoms. The van der Waals surface area contributed by atoms with Gasteiger partial charge in [-0.25, -0.2) is 0 Å². The van der Waals surface area contributed by atoms with E-state index in [2.05, 4.69) is 29.3 Å². The van der Waals surface area contributed by atoms with Gasteiger partial charge in [-0.15, -0.1) is 0 Å². The van der Waals surface area contributed by atoms with E-state index in [0.717, 1.165) is 51.0 Å². The molecule has 2 unspecified atom stereocenters. The molecular weight excluding hydrogens is 312 g/mol. The summed E-state index contributed by atoms with van der Waals surface area (Å²) in [5.41, 5.74) is 2.17. The molecule has 138 valence electrons. The number of hydrogen-bond donors (Lipinski definition) is 2. The van der Waals surface area contributed by atoms with E-state index in [9.17, 15) is 9.90 Å². The number of likely N-dealkylation sites (tertiary alicyclic amines) is 1. The third-order valence-electron chi connectivity index (χ3n) is 5.87. The summed E-state index contributed by atoms with van der Waals surface area (Å²) < 4.78 is 0. The van der Waals surface area contributed by atoms with E-state index >= 15 is 0 Å². The van der Waals surface area contributed by atoms with Crippen molar-refractivity contribution in [1.29, 1.82) is 0 Å². The van der Waals surface area contributed by atoms with Crippen molar-refractivity contribution in [3.8, 4) is 0 Å². The van der Waals surface area contributed by atoms with Crippen molar-refractivity contribution in [2.24, 2.45) is 17.8 Å². The molecule has 25 heavy (non-hydrogen) atoms. The number of rotatable bonds is 5. The van der Waals surface area contributed by atoms with Crippen molar-refractivity contribution in [2.75, 3.05) is 25.0 Å². The fourth-order valence-electron chi connectivity index (χ4n) is 4.25. The molecule has 0 aromatic heterocycles. The first kappa shape index (κ1) is 18.4. The molecule has 2 atom stereocenters. The summed E-state index contributed by atoms with van der Waals surface area (Å²) in [4.78, 5) is 15.0. The predicted molar refractivity (Wildman–Crippen MR) is 101 cm³/mol. The molecule has 1 aliphatic heterocycles. The molecule has 0 bridgehead atoms. The number of carbonyl (C=O) groups is 1. The minimum absolute atomic E-state index is 0.171. The molecule has 1 aromatic carbocycles. The van der Waals surface area contributed by atoms with Gasteiger partial charge in [-0.1, -0.05) is 31.9 Å². The molecule has 4 nitrogen and oxygen atoms in total. The fraction of sp³-hybridized carbons (Fsp3) is 0.667. The molecule has 1 aliphatic carbocycles. The Kier molecular flexibility index (Phi) is 6.49. The van der Waals surface area contributed by atoms with Gasteiger partial charge in [0.2, 0.25) is 5.91 Å². The van der Waals surface area contributed by atoms with Crippen LogP contribution < -0.4 is 5.32 Å². The minimum atomic E-state index is 0.171. The molecule has 1 heterocycles. The van der Waals surface area contributed by atoms with Gasteiger partial charge in [-0.3, -0.25) is 9.69 Å². The van der Waals surface area contributed by atoms with Crippen LogP contribution in [0.3, 0.4) is 0 Å². The van der Waals surface area contributed by atoms with Gasteiger partial charge >= 0.3 is 0 Å². The third-order valence-corrected chi connectivity index (χ3v) is 5.87. The molecule has 1 amide bonds. The van der Waals surface area contributed by atoms with Gasteiger partial charge in [-0.05, 0) is 68.3 Å². The molecule has 0 spiro atoms. The van der Waals surface area contributed by atoms with Crippen molar-refractivity contribution in [2.45, 2.75) is 52.0 Å². The first-order chi connectivity index (χ1) is 12.1. The van der Waals surface area contributed by atoms with E-state index in [1.807, 2.05) is 12.1 Å². The van der Waals surface area contributed by atoms with Crippen LogP contribution in [0.2, 0.25) is 0 Å². The first-order valence-corrected chi connectivity index (χ1v) is 9.87. The lowest BCUT2D eigenvalue weighted by molar-refractivity contribution is -0.121. The fourth-order valence-corrected chi connectivity index (χ4v) is 4.25. The molecule has 2 N–H and O–H groups in total. The van der Waals surface area contributed by atoms with Gasteiger partial charge in [0.05, 0.1) is 0 Å². The van der Waals surface area contributed by atoms with Gasteiger partial charge < -0.3 is 10.4 Å². The number of hydrogen-bond acceptors (Lipinski definition) is 3. The predicted octanol–water partition coefficient (Wildman–Crippen LogP) is 3.66. The minimum Gasteiger partial charge on any atom is -0.396 e. The Morgan fingerprint density at radius 2 is 2.04 bits per heavy atom. The lowest BCUT2D eigenvalue weighted by Crippen LogP contribution is -2.34. The van der Waals surface area contributed by atoms with Crippen LogP contribution in [0.15, 0.2) is 24.3 Å². The van der Waals surface area contributed by atoms with Gasteiger partial charge in [0.15, 0.2) is 0 Å². The average molecular weight is 344 g/mol. The molecule has 2 aliphatic rings. The van der Waals surface area contributed by atoms with Crippen molar-refractivity contribution in [3.63, 3.8) is 0 Å². The second-order valence-electron chi connectivity index (χ2n) is 8.06. The highest BCUT2D eigenvalue weighted by Gasteiger charge is 2.25. The Morgan fingerprint density at radius 3 is 2.76 bits per heavy atom. The van der Waals surface area contributed by atoms with Crippen molar-refractivity contribution >= 4 is 11.6 Å². The zero-order valence-corrected chi connectivity index (χ0v) is 15.4. The number of piperidine rings is 1. The average Bonchev–Trinajstić information content (AvgIpc) is 2.63. The zero-order chi connectivity index (χ0) is 17.6. The van der Waals surface area contributed by atoms with Gasteiger partial charge in [0.1, 0.15) is 0 Å². The standard InChI is InChI=1S/C21H32N2O2/c1-16-4-2-6-19(12-16)21(25)22-20-7-3-5-18(13-20)14-23-10-8-17(15-24)9-11-23/h3,5,7,13,16-17,19,24H,2,4,6,8-12,14-15H2,1H3,(H,22,25). The van der Waals surface area contributed by atoms with Gasteiger partial charge in [-0.2, -0.15) is 0 Å². The van der Waals surface area contributed by atoms with Crippen molar-refractivity contribution in [1.82, 2.24) is 4.90 Å². The van der Waals surface area contributed by atoms with Gasteiger partial charge in [0, 0.05) is 24.8 Å². The number of carbonyl (C=O) groups excluding carboxylic acids is 1. The van der Waals surface area contributed by atoms with Gasteiger partial charge in [0.25, 0.3) is 0 Å². The third kappa shape index (κ3) is 5.29. The summed E-state index contributed by atoms with van der Waals surface area (Å²) in [5.74, 6) is 1.50. The maximum atomic E-state index is 12.5. The molecule has 1 saturated heterocycles. The lowest BCUT2D eigenvalue weighted by Gasteiger charge is -2.31. The van der Waals surface area contributed by atoms with Crippen LogP contribution in [0.5, 0.6) is 0 Å². The molecular formula is C21H32N2O2. The molecule has 3 rings (SSSR count). The Morgan fingerprint density at radius 1 is 1.24 bits per heavy atom. The summed E-state index contributed by atoms with van der Waals surface area (Å²) in [6, 6.07) is 8.28. The van der Waals surface area contributed by atoms with Crippen molar-refractivity contribution in [3.05, 3.63) is 29.8 Å². The topological polar surface area (TPSA) is 52.6 Å². The monoisotopic (exact) mass is 344 g/mol. The Bertz CT molecular complexity index is 567. The molecule has 2 fully saturated rings. The number of aliphatic hydroxyl groups is 1. The number of anilines is 1. The van der Waals surface area contributed by atoms with E-state index < -0.39 is 0 Å². The van der Waals surface area contributed by atoms with E-state index in [0.29, 0.717) is 18.4 Å². The van der Waals surface area contributed by atoms with Crippen LogP contribution >= 0.6 is 0 Å². The summed E-state index contributed by atoms with van der Waals surface area (Å²) in [6.45, 7) is 5.57. The normalized spacial score (nSPS) is 25.7. The highest BCUT2D eigenvalue weighted by atomic mass is 16.3. The molecule has 1 saturated carbocycles. The Hall–Kier alpha value is -1.39. The lowest BCUT2D eigenvalue weighted by atomic mass is 9.82. The number of amides is 1. The van der Waals surface area contributed by atoms with Crippen LogP contribution in [-0.2, 0) is 11.3 Å². The van der Waals surface area contributed by atoms with Crippen LogP contribution in [0.4, 0.5) is 5.69 Å². The van der Waals surface area contributed by atoms with Crippen LogP contribution in [0.1, 0.15) is 51.0 Å². The quantitative estimate of drug-likeness (QED) is 0.857. The smallest absolute Gasteiger partial charge is 0.227 e. The molecule has 1 aromatic rings. The summed E-state index contributed by atoms with van der Waals surface area (Å²) in [6.07, 6.45) is 6.62. The van der Waals surface area contributed by atoms with Crippen molar-refractivity contribution < 1.29 is 9.90 Å². The number of nitrogens with zero attached hydrogens (tertiary/aromatic N) is 1. The van der Waals surface area contributed by atoms with E-state index in [4.69, 9.17) is 0 Å².